The minimum absolute atomic E-state index is 0.138. The van der Waals surface area contributed by atoms with Gasteiger partial charge in [-0.05, 0) is 20.3 Å². The fraction of sp³-hybridized carbons (Fsp3) is 0.667. The first-order valence-corrected chi connectivity index (χ1v) is 4.33. The van der Waals surface area contributed by atoms with Crippen molar-refractivity contribution >= 4 is 0 Å². The highest BCUT2D eigenvalue weighted by Gasteiger charge is 2.14. The molecular weight excluding hydrogens is 150 g/mol. The molecule has 0 aliphatic carbocycles. The third kappa shape index (κ3) is 1.37. The lowest BCUT2D eigenvalue weighted by molar-refractivity contribution is 0.683. The van der Waals surface area contributed by atoms with Crippen molar-refractivity contribution in [2.75, 3.05) is 0 Å². The van der Waals surface area contributed by atoms with Gasteiger partial charge < -0.3 is 5.73 Å². The smallest absolute Gasteiger partial charge is 0.0644 e. The topological polar surface area (TPSA) is 43.8 Å². The van der Waals surface area contributed by atoms with E-state index in [0.29, 0.717) is 0 Å². The monoisotopic (exact) mass is 167 g/mol. The lowest BCUT2D eigenvalue weighted by Gasteiger charge is -2.08. The molecule has 0 saturated heterocycles. The van der Waals surface area contributed by atoms with Gasteiger partial charge in [0.15, 0.2) is 0 Å². The zero-order valence-corrected chi connectivity index (χ0v) is 8.26. The summed E-state index contributed by atoms with van der Waals surface area (Å²) in [6.45, 7) is 6.17. The highest BCUT2D eigenvalue weighted by Crippen LogP contribution is 2.20. The normalized spacial score (nSPS) is 13.4. The van der Waals surface area contributed by atoms with Crippen molar-refractivity contribution in [1.82, 2.24) is 9.78 Å². The summed E-state index contributed by atoms with van der Waals surface area (Å²) in [6, 6.07) is 0.138. The van der Waals surface area contributed by atoms with E-state index in [1.54, 1.807) is 0 Å². The molecule has 3 nitrogen and oxygen atoms in total. The molecule has 1 heterocycles. The Hall–Kier alpha value is -0.830. The van der Waals surface area contributed by atoms with Crippen LogP contribution in [0.5, 0.6) is 0 Å². The standard InChI is InChI=1S/C9H17N3/c1-5-8(10)9-6(2)11-12(4)7(9)3/h8H,5,10H2,1-4H3/t8-/m1/s1. The molecule has 1 aromatic rings. The molecule has 0 aliphatic rings. The minimum Gasteiger partial charge on any atom is -0.324 e. The van der Waals surface area contributed by atoms with E-state index in [-0.39, 0.29) is 6.04 Å². The Labute approximate surface area is 73.6 Å². The number of rotatable bonds is 2. The summed E-state index contributed by atoms with van der Waals surface area (Å²) in [6.07, 6.45) is 0.966. The van der Waals surface area contributed by atoms with Gasteiger partial charge in [-0.3, -0.25) is 4.68 Å². The van der Waals surface area contributed by atoms with Gasteiger partial charge in [-0.2, -0.15) is 5.10 Å². The third-order valence-corrected chi connectivity index (χ3v) is 2.38. The van der Waals surface area contributed by atoms with Crippen LogP contribution in [0.25, 0.3) is 0 Å². The molecule has 1 aromatic heterocycles. The van der Waals surface area contributed by atoms with Crippen molar-refractivity contribution in [3.8, 4) is 0 Å². The van der Waals surface area contributed by atoms with E-state index in [4.69, 9.17) is 5.73 Å². The Morgan fingerprint density at radius 3 is 2.42 bits per heavy atom. The summed E-state index contributed by atoms with van der Waals surface area (Å²) < 4.78 is 1.89. The Morgan fingerprint density at radius 2 is 2.08 bits per heavy atom. The molecule has 0 aliphatic heterocycles. The molecule has 0 spiro atoms. The first-order valence-electron chi connectivity index (χ1n) is 4.33. The van der Waals surface area contributed by atoms with Gasteiger partial charge in [-0.1, -0.05) is 6.92 Å². The maximum absolute atomic E-state index is 5.96. The van der Waals surface area contributed by atoms with Gasteiger partial charge in [0.2, 0.25) is 0 Å². The third-order valence-electron chi connectivity index (χ3n) is 2.38. The molecule has 0 bridgehead atoms. The van der Waals surface area contributed by atoms with Crippen LogP contribution < -0.4 is 5.73 Å². The van der Waals surface area contributed by atoms with Gasteiger partial charge in [-0.25, -0.2) is 0 Å². The van der Waals surface area contributed by atoms with Crippen LogP contribution in [-0.4, -0.2) is 9.78 Å². The van der Waals surface area contributed by atoms with E-state index < -0.39 is 0 Å². The van der Waals surface area contributed by atoms with Gasteiger partial charge in [0.1, 0.15) is 0 Å². The fourth-order valence-corrected chi connectivity index (χ4v) is 1.53. The van der Waals surface area contributed by atoms with Crippen LogP contribution in [0.4, 0.5) is 0 Å². The first kappa shape index (κ1) is 9.26. The van der Waals surface area contributed by atoms with Gasteiger partial charge in [-0.15, -0.1) is 0 Å². The highest BCUT2D eigenvalue weighted by atomic mass is 15.3. The Balaban J connectivity index is 3.13. The second-order valence-electron chi connectivity index (χ2n) is 3.22. The minimum atomic E-state index is 0.138. The summed E-state index contributed by atoms with van der Waals surface area (Å²) in [5, 5.41) is 4.32. The van der Waals surface area contributed by atoms with Crippen molar-refractivity contribution in [1.29, 1.82) is 0 Å². The Morgan fingerprint density at radius 1 is 1.50 bits per heavy atom. The molecular formula is C9H17N3. The number of hydrogen-bond acceptors (Lipinski definition) is 2. The first-order chi connectivity index (χ1) is 5.57. The molecule has 0 radical (unpaired) electrons. The van der Waals surface area contributed by atoms with Crippen LogP contribution in [0.1, 0.15) is 36.3 Å². The molecule has 0 amide bonds. The average Bonchev–Trinajstić information content (AvgIpc) is 2.26. The van der Waals surface area contributed by atoms with Gasteiger partial charge in [0.05, 0.1) is 5.69 Å². The SMILES string of the molecule is CC[C@@H](N)c1c(C)nn(C)c1C. The van der Waals surface area contributed by atoms with Crippen molar-refractivity contribution in [2.24, 2.45) is 12.8 Å². The number of nitrogens with two attached hydrogens (primary N) is 1. The summed E-state index contributed by atoms with van der Waals surface area (Å²) in [5.74, 6) is 0. The van der Waals surface area contributed by atoms with Crippen molar-refractivity contribution in [2.45, 2.75) is 33.2 Å². The molecule has 1 atom stereocenters. The lowest BCUT2D eigenvalue weighted by atomic mass is 10.0. The van der Waals surface area contributed by atoms with Crippen LogP contribution in [0.2, 0.25) is 0 Å². The molecule has 12 heavy (non-hydrogen) atoms. The Bertz CT molecular complexity index is 276. The predicted octanol–water partition coefficient (Wildman–Crippen LogP) is 1.45. The van der Waals surface area contributed by atoms with Gasteiger partial charge in [0, 0.05) is 24.3 Å². The molecule has 0 saturated carbocycles. The maximum atomic E-state index is 5.96. The number of nitrogens with zero attached hydrogens (tertiary/aromatic N) is 2. The van der Waals surface area contributed by atoms with E-state index >= 15 is 0 Å². The zero-order chi connectivity index (χ0) is 9.30. The van der Waals surface area contributed by atoms with E-state index in [0.717, 1.165) is 12.1 Å². The summed E-state index contributed by atoms with van der Waals surface area (Å²) in [4.78, 5) is 0. The second-order valence-corrected chi connectivity index (χ2v) is 3.22. The van der Waals surface area contributed by atoms with Crippen LogP contribution in [0, 0.1) is 13.8 Å². The summed E-state index contributed by atoms with van der Waals surface area (Å²) >= 11 is 0. The summed E-state index contributed by atoms with van der Waals surface area (Å²) in [7, 11) is 1.95. The van der Waals surface area contributed by atoms with Gasteiger partial charge >= 0.3 is 0 Å². The van der Waals surface area contributed by atoms with Gasteiger partial charge in [0.25, 0.3) is 0 Å². The molecule has 0 aromatic carbocycles. The molecule has 0 fully saturated rings. The quantitative estimate of drug-likeness (QED) is 0.724. The zero-order valence-electron chi connectivity index (χ0n) is 8.26. The van der Waals surface area contributed by atoms with Crippen LogP contribution in [0.3, 0.4) is 0 Å². The summed E-state index contributed by atoms with van der Waals surface area (Å²) in [5.41, 5.74) is 9.41. The predicted molar refractivity (Wildman–Crippen MR) is 49.9 cm³/mol. The molecule has 0 unspecified atom stereocenters. The van der Waals surface area contributed by atoms with Crippen LogP contribution in [0.15, 0.2) is 0 Å². The fourth-order valence-electron chi connectivity index (χ4n) is 1.53. The van der Waals surface area contributed by atoms with E-state index in [1.165, 1.54) is 11.3 Å². The number of hydrogen-bond donors (Lipinski definition) is 1. The van der Waals surface area contributed by atoms with E-state index in [1.807, 2.05) is 18.7 Å². The average molecular weight is 167 g/mol. The maximum Gasteiger partial charge on any atom is 0.0644 e. The molecule has 68 valence electrons. The van der Waals surface area contributed by atoms with Crippen molar-refractivity contribution in [3.05, 3.63) is 17.0 Å². The van der Waals surface area contributed by atoms with E-state index in [2.05, 4.69) is 18.9 Å². The van der Waals surface area contributed by atoms with E-state index in [9.17, 15) is 0 Å². The van der Waals surface area contributed by atoms with Crippen LogP contribution in [-0.2, 0) is 7.05 Å². The Kier molecular flexibility index (Phi) is 2.52. The highest BCUT2D eigenvalue weighted by molar-refractivity contribution is 5.27. The van der Waals surface area contributed by atoms with Crippen molar-refractivity contribution in [3.63, 3.8) is 0 Å². The number of aromatic nitrogens is 2. The molecule has 3 heteroatoms. The van der Waals surface area contributed by atoms with Crippen molar-refractivity contribution < 1.29 is 0 Å². The molecule has 2 N–H and O–H groups in total. The second kappa shape index (κ2) is 3.27. The van der Waals surface area contributed by atoms with Crippen LogP contribution >= 0.6 is 0 Å². The lowest BCUT2D eigenvalue weighted by Crippen LogP contribution is -2.10. The largest absolute Gasteiger partial charge is 0.324 e. The number of aryl methyl sites for hydroxylation is 2. The molecule has 1 rings (SSSR count).